The van der Waals surface area contributed by atoms with E-state index in [-0.39, 0.29) is 17.5 Å². The van der Waals surface area contributed by atoms with Crippen LogP contribution < -0.4 is 21.5 Å². The van der Waals surface area contributed by atoms with Crippen LogP contribution in [0.4, 0.5) is 16.0 Å². The molecule has 4 aromatic rings. The molecule has 5 rings (SSSR count). The van der Waals surface area contributed by atoms with Crippen molar-refractivity contribution in [3.8, 4) is 0 Å². The molecule has 1 aliphatic heterocycles. The van der Waals surface area contributed by atoms with E-state index in [0.29, 0.717) is 55.5 Å². The van der Waals surface area contributed by atoms with Crippen molar-refractivity contribution in [3.05, 3.63) is 85.8 Å². The molecule has 1 N–H and O–H groups in total. The maximum atomic E-state index is 13.4. The molecule has 0 saturated carbocycles. The van der Waals surface area contributed by atoms with Crippen LogP contribution in [-0.4, -0.2) is 62.2 Å². The number of hydrogen-bond acceptors (Lipinski definition) is 6. The highest BCUT2D eigenvalue weighted by molar-refractivity contribution is 6.31. The minimum Gasteiger partial charge on any atom is -0.340 e. The highest BCUT2D eigenvalue weighted by atomic mass is 35.5. The van der Waals surface area contributed by atoms with Crippen LogP contribution in [0.15, 0.2) is 58.1 Å². The number of nitrogens with zero attached hydrogens (tertiary/aromatic N) is 6. The van der Waals surface area contributed by atoms with Crippen molar-refractivity contribution in [2.75, 3.05) is 42.9 Å². The van der Waals surface area contributed by atoms with Gasteiger partial charge in [-0.15, -0.1) is 0 Å². The quantitative estimate of drug-likeness (QED) is 0.403. The van der Waals surface area contributed by atoms with Crippen LogP contribution in [0, 0.1) is 5.82 Å². The molecule has 2 aromatic carbocycles. The second-order valence-corrected chi connectivity index (χ2v) is 9.71. The molecule has 1 aliphatic rings. The fourth-order valence-electron chi connectivity index (χ4n) is 4.68. The Bertz CT molecular complexity index is 1620. The van der Waals surface area contributed by atoms with Gasteiger partial charge in [-0.25, -0.2) is 9.18 Å². The number of anilines is 2. The number of rotatable bonds is 6. The van der Waals surface area contributed by atoms with Crippen molar-refractivity contribution >= 4 is 40.3 Å². The van der Waals surface area contributed by atoms with Crippen molar-refractivity contribution in [3.63, 3.8) is 0 Å². The summed E-state index contributed by atoms with van der Waals surface area (Å²) < 4.78 is 17.7. The Balaban J connectivity index is 1.36. The van der Waals surface area contributed by atoms with E-state index in [1.54, 1.807) is 7.05 Å². The molecule has 12 heteroatoms. The van der Waals surface area contributed by atoms with E-state index in [4.69, 9.17) is 16.6 Å². The van der Waals surface area contributed by atoms with Crippen molar-refractivity contribution in [2.45, 2.75) is 6.54 Å². The van der Waals surface area contributed by atoms with E-state index in [2.05, 4.69) is 10.2 Å². The van der Waals surface area contributed by atoms with Gasteiger partial charge in [0.2, 0.25) is 11.9 Å². The number of halogens is 2. The zero-order chi connectivity index (χ0) is 27.0. The van der Waals surface area contributed by atoms with Crippen molar-refractivity contribution in [1.82, 2.24) is 23.6 Å². The number of imidazole rings is 1. The first-order chi connectivity index (χ1) is 18.2. The lowest BCUT2D eigenvalue weighted by atomic mass is 10.2. The second kappa shape index (κ2) is 10.4. The van der Waals surface area contributed by atoms with Gasteiger partial charge in [0.15, 0.2) is 11.2 Å². The molecule has 0 aliphatic carbocycles. The lowest BCUT2D eigenvalue weighted by Crippen LogP contribution is -2.49. The van der Waals surface area contributed by atoms with Gasteiger partial charge in [0.1, 0.15) is 5.82 Å². The third-order valence-corrected chi connectivity index (χ3v) is 7.03. The molecule has 1 fully saturated rings. The zero-order valence-corrected chi connectivity index (χ0v) is 21.8. The Morgan fingerprint density at radius 3 is 2.42 bits per heavy atom. The molecule has 0 atom stereocenters. The van der Waals surface area contributed by atoms with E-state index in [1.165, 1.54) is 29.8 Å². The van der Waals surface area contributed by atoms with Gasteiger partial charge in [0, 0.05) is 46.0 Å². The van der Waals surface area contributed by atoms with Gasteiger partial charge < -0.3 is 10.2 Å². The Labute approximate surface area is 222 Å². The third-order valence-electron chi connectivity index (χ3n) is 6.74. The number of hydrogen-bond donors (Lipinski definition) is 1. The number of carbonyl (C=O) groups is 1. The molecule has 1 saturated heterocycles. The van der Waals surface area contributed by atoms with Gasteiger partial charge in [0.05, 0.1) is 18.1 Å². The first-order valence-corrected chi connectivity index (χ1v) is 12.5. The topological polar surface area (TPSA) is 97.4 Å². The lowest BCUT2D eigenvalue weighted by Gasteiger charge is -2.35. The Morgan fingerprint density at radius 2 is 1.74 bits per heavy atom. The van der Waals surface area contributed by atoms with E-state index in [9.17, 15) is 18.8 Å². The number of carbonyl (C=O) groups excluding carboxylic acids is 1. The maximum absolute atomic E-state index is 13.4. The average Bonchev–Trinajstić information content (AvgIpc) is 3.28. The minimum atomic E-state index is -0.544. The monoisotopic (exact) mass is 539 g/mol. The summed E-state index contributed by atoms with van der Waals surface area (Å²) in [6.07, 6.45) is 0. The van der Waals surface area contributed by atoms with E-state index in [1.807, 2.05) is 39.8 Å². The van der Waals surface area contributed by atoms with Crippen molar-refractivity contribution in [2.24, 2.45) is 14.1 Å². The SMILES string of the molecule is Cn1c(=O)c2c(nc(N3CCN(CC(=O)Nc4ccc(F)c(Cl)c4)CC3)n2Cc2ccccc2)n(C)c1=O. The Morgan fingerprint density at radius 1 is 1.03 bits per heavy atom. The lowest BCUT2D eigenvalue weighted by molar-refractivity contribution is -0.117. The molecule has 1 amide bonds. The van der Waals surface area contributed by atoms with Gasteiger partial charge >= 0.3 is 5.69 Å². The van der Waals surface area contributed by atoms with Crippen molar-refractivity contribution in [1.29, 1.82) is 0 Å². The molecule has 198 valence electrons. The smallest absolute Gasteiger partial charge is 0.332 e. The summed E-state index contributed by atoms with van der Waals surface area (Å²) in [4.78, 5) is 47.1. The summed E-state index contributed by atoms with van der Waals surface area (Å²) in [6.45, 7) is 2.90. The van der Waals surface area contributed by atoms with E-state index >= 15 is 0 Å². The molecular formula is C26H27ClFN7O3. The fourth-order valence-corrected chi connectivity index (χ4v) is 4.86. The summed E-state index contributed by atoms with van der Waals surface area (Å²) in [5.74, 6) is -0.167. The maximum Gasteiger partial charge on any atom is 0.332 e. The van der Waals surface area contributed by atoms with Crippen LogP contribution in [0.5, 0.6) is 0 Å². The highest BCUT2D eigenvalue weighted by Gasteiger charge is 2.26. The van der Waals surface area contributed by atoms with Gasteiger partial charge in [-0.05, 0) is 23.8 Å². The largest absolute Gasteiger partial charge is 0.340 e. The molecule has 38 heavy (non-hydrogen) atoms. The second-order valence-electron chi connectivity index (χ2n) is 9.30. The number of fused-ring (bicyclic) bond motifs is 1. The van der Waals surface area contributed by atoms with E-state index < -0.39 is 17.1 Å². The van der Waals surface area contributed by atoms with Crippen LogP contribution in [0.3, 0.4) is 0 Å². The molecule has 0 radical (unpaired) electrons. The highest BCUT2D eigenvalue weighted by Crippen LogP contribution is 2.23. The first kappa shape index (κ1) is 25.7. The molecular weight excluding hydrogens is 513 g/mol. The predicted octanol–water partition coefficient (Wildman–Crippen LogP) is 2.04. The fraction of sp³-hybridized carbons (Fsp3) is 0.308. The summed E-state index contributed by atoms with van der Waals surface area (Å²) in [5.41, 5.74) is 1.31. The van der Waals surface area contributed by atoms with Gasteiger partial charge in [0.25, 0.3) is 5.56 Å². The van der Waals surface area contributed by atoms with E-state index in [0.717, 1.165) is 10.1 Å². The van der Waals surface area contributed by atoms with Crippen LogP contribution in [-0.2, 0) is 25.4 Å². The third kappa shape index (κ3) is 4.94. The van der Waals surface area contributed by atoms with Crippen molar-refractivity contribution < 1.29 is 9.18 Å². The molecule has 0 spiro atoms. The van der Waals surface area contributed by atoms with Crippen LogP contribution >= 0.6 is 11.6 Å². The zero-order valence-electron chi connectivity index (χ0n) is 21.0. The number of aryl methyl sites for hydroxylation is 1. The Hall–Kier alpha value is -3.96. The first-order valence-electron chi connectivity index (χ1n) is 12.2. The molecule has 3 heterocycles. The minimum absolute atomic E-state index is 0.0536. The van der Waals surface area contributed by atoms with Gasteiger partial charge in [-0.1, -0.05) is 41.9 Å². The van der Waals surface area contributed by atoms with Crippen LogP contribution in [0.25, 0.3) is 11.2 Å². The molecule has 10 nitrogen and oxygen atoms in total. The number of benzene rings is 2. The number of amides is 1. The molecule has 2 aromatic heterocycles. The normalized spacial score (nSPS) is 14.3. The Kier molecular flexibility index (Phi) is 7.04. The molecule has 0 bridgehead atoms. The summed E-state index contributed by atoms with van der Waals surface area (Å²) in [7, 11) is 3.08. The summed E-state index contributed by atoms with van der Waals surface area (Å²) in [5, 5.41) is 2.69. The summed E-state index contributed by atoms with van der Waals surface area (Å²) >= 11 is 5.80. The number of nitrogens with one attached hydrogen (secondary N) is 1. The average molecular weight is 540 g/mol. The standard InChI is InChI=1S/C26H27ClFN7O3/c1-31-23-22(24(37)32(2)26(31)38)35(15-17-6-4-3-5-7-17)25(30-23)34-12-10-33(11-13-34)16-21(36)29-18-8-9-20(28)19(27)14-18/h3-9,14H,10-13,15-16H2,1-2H3,(H,29,36). The number of piperazine rings is 1. The predicted molar refractivity (Wildman–Crippen MR) is 144 cm³/mol. The molecule has 0 unspecified atom stereocenters. The van der Waals surface area contributed by atoms with Gasteiger partial charge in [-0.2, -0.15) is 4.98 Å². The van der Waals surface area contributed by atoms with Crippen LogP contribution in [0.2, 0.25) is 5.02 Å². The number of aromatic nitrogens is 4. The van der Waals surface area contributed by atoms with Crippen LogP contribution in [0.1, 0.15) is 5.56 Å². The van der Waals surface area contributed by atoms with Gasteiger partial charge in [-0.3, -0.25) is 28.2 Å². The summed E-state index contributed by atoms with van der Waals surface area (Å²) in [6, 6.07) is 13.8.